The molecule has 0 aliphatic heterocycles. The average molecular weight is 375 g/mol. The molecular weight excluding hydrogens is 359 g/mol. The fourth-order valence-electron chi connectivity index (χ4n) is 2.37. The van der Waals surface area contributed by atoms with E-state index in [0.29, 0.717) is 23.2 Å². The number of thiocarbonyl (C=S) groups is 1. The molecule has 7 heteroatoms. The summed E-state index contributed by atoms with van der Waals surface area (Å²) in [5, 5.41) is 10.8. The van der Waals surface area contributed by atoms with E-state index in [1.807, 2.05) is 23.0 Å². The van der Waals surface area contributed by atoms with Crippen LogP contribution < -0.4 is 10.6 Å². The molecule has 2 N–H and O–H groups in total. The Hall–Kier alpha value is -2.44. The molecule has 0 aliphatic rings. The number of rotatable bonds is 4. The van der Waals surface area contributed by atoms with E-state index in [1.165, 1.54) is 23.3 Å². The monoisotopic (exact) mass is 374 g/mol. The van der Waals surface area contributed by atoms with Crippen molar-refractivity contribution < 1.29 is 4.39 Å². The van der Waals surface area contributed by atoms with Gasteiger partial charge in [-0.1, -0.05) is 41.4 Å². The molecule has 0 aliphatic carbocycles. The molecule has 0 unspecified atom stereocenters. The molecule has 1 aromatic heterocycles. The first-order chi connectivity index (χ1) is 12.0. The normalized spacial score (nSPS) is 10.5. The van der Waals surface area contributed by atoms with Crippen LogP contribution >= 0.6 is 23.8 Å². The van der Waals surface area contributed by atoms with Crippen LogP contribution in [0.3, 0.4) is 0 Å². The maximum Gasteiger partial charge on any atom is 0.176 e. The highest BCUT2D eigenvalue weighted by Gasteiger charge is 2.05. The maximum atomic E-state index is 13.2. The van der Waals surface area contributed by atoms with Crippen molar-refractivity contribution in [2.75, 3.05) is 10.6 Å². The quantitative estimate of drug-likeness (QED) is 0.641. The number of hydrogen-bond acceptors (Lipinski definition) is 2. The lowest BCUT2D eigenvalue weighted by Crippen LogP contribution is -2.19. The number of aryl methyl sites for hydroxylation is 1. The number of nitrogens with one attached hydrogen (secondary N) is 2. The van der Waals surface area contributed by atoms with E-state index in [0.717, 1.165) is 0 Å². The first kappa shape index (κ1) is 17.4. The summed E-state index contributed by atoms with van der Waals surface area (Å²) in [6.07, 6.45) is 1.88. The molecule has 2 aromatic carbocycles. The summed E-state index contributed by atoms with van der Waals surface area (Å²) >= 11 is 11.0. The molecule has 0 atom stereocenters. The zero-order chi connectivity index (χ0) is 17.8. The summed E-state index contributed by atoms with van der Waals surface area (Å²) < 4.78 is 15.0. The molecule has 0 bridgehead atoms. The van der Waals surface area contributed by atoms with Crippen LogP contribution in [-0.4, -0.2) is 14.9 Å². The Balaban J connectivity index is 1.60. The summed E-state index contributed by atoms with van der Waals surface area (Å²) in [7, 11) is 0. The molecule has 1 heterocycles. The van der Waals surface area contributed by atoms with Gasteiger partial charge in [-0.15, -0.1) is 0 Å². The molecule has 0 radical (unpaired) electrons. The van der Waals surface area contributed by atoms with Gasteiger partial charge in [0, 0.05) is 18.0 Å². The predicted octanol–water partition coefficient (Wildman–Crippen LogP) is 4.84. The Morgan fingerprint density at radius 3 is 2.80 bits per heavy atom. The minimum atomic E-state index is -0.471. The second kappa shape index (κ2) is 7.63. The lowest BCUT2D eigenvalue weighted by atomic mass is 10.1. The lowest BCUT2D eigenvalue weighted by Gasteiger charge is -2.09. The number of nitrogens with zero attached hydrogens (tertiary/aromatic N) is 2. The number of anilines is 2. The third-order valence-corrected chi connectivity index (χ3v) is 3.98. The van der Waals surface area contributed by atoms with Gasteiger partial charge < -0.3 is 10.6 Å². The molecule has 4 nitrogen and oxygen atoms in total. The van der Waals surface area contributed by atoms with Crippen LogP contribution in [0.4, 0.5) is 15.9 Å². The summed E-state index contributed by atoms with van der Waals surface area (Å²) in [5.74, 6) is 0.152. The summed E-state index contributed by atoms with van der Waals surface area (Å²) in [4.78, 5) is 0. The smallest absolute Gasteiger partial charge is 0.176 e. The van der Waals surface area contributed by atoms with E-state index in [9.17, 15) is 4.39 Å². The lowest BCUT2D eigenvalue weighted by molar-refractivity contribution is 0.628. The largest absolute Gasteiger partial charge is 0.332 e. The Labute approximate surface area is 155 Å². The van der Waals surface area contributed by atoms with Gasteiger partial charge in [-0.05, 0) is 42.9 Å². The molecule has 0 spiro atoms. The van der Waals surface area contributed by atoms with Crippen LogP contribution in [0.15, 0.2) is 54.7 Å². The van der Waals surface area contributed by atoms with Crippen molar-refractivity contribution in [2.45, 2.75) is 13.5 Å². The molecule has 3 rings (SSSR count). The van der Waals surface area contributed by atoms with Crippen LogP contribution in [0.2, 0.25) is 5.02 Å². The van der Waals surface area contributed by atoms with E-state index in [1.54, 1.807) is 6.07 Å². The summed E-state index contributed by atoms with van der Waals surface area (Å²) in [6.45, 7) is 2.74. The first-order valence-electron chi connectivity index (χ1n) is 7.62. The van der Waals surface area contributed by atoms with Crippen LogP contribution in [-0.2, 0) is 6.54 Å². The number of hydrogen-bond donors (Lipinski definition) is 2. The molecule has 25 heavy (non-hydrogen) atoms. The van der Waals surface area contributed by atoms with Crippen molar-refractivity contribution in [3.8, 4) is 0 Å². The van der Waals surface area contributed by atoms with Crippen LogP contribution in [0, 0.1) is 12.7 Å². The second-order valence-corrected chi connectivity index (χ2v) is 6.41. The van der Waals surface area contributed by atoms with Gasteiger partial charge in [-0.25, -0.2) is 4.39 Å². The Morgan fingerprint density at radius 2 is 2.04 bits per heavy atom. The van der Waals surface area contributed by atoms with Crippen LogP contribution in [0.5, 0.6) is 0 Å². The van der Waals surface area contributed by atoms with Gasteiger partial charge in [-0.3, -0.25) is 4.68 Å². The fraction of sp³-hybridized carbons (Fsp3) is 0.111. The second-order valence-electron chi connectivity index (χ2n) is 5.60. The fourth-order valence-corrected chi connectivity index (χ4v) is 2.77. The highest BCUT2D eigenvalue weighted by Crippen LogP contribution is 2.19. The highest BCUT2D eigenvalue weighted by atomic mass is 35.5. The molecule has 0 fully saturated rings. The van der Waals surface area contributed by atoms with Gasteiger partial charge in [0.05, 0.1) is 11.6 Å². The molecule has 3 aromatic rings. The minimum absolute atomic E-state index is 0.0373. The van der Waals surface area contributed by atoms with Gasteiger partial charge in [0.2, 0.25) is 0 Å². The third-order valence-electron chi connectivity index (χ3n) is 3.49. The van der Waals surface area contributed by atoms with Crippen LogP contribution in [0.1, 0.15) is 11.1 Å². The van der Waals surface area contributed by atoms with Gasteiger partial charge in [0.15, 0.2) is 10.9 Å². The molecule has 0 saturated heterocycles. The van der Waals surface area contributed by atoms with Gasteiger partial charge in [0.25, 0.3) is 0 Å². The Bertz CT molecular complexity index is 910. The summed E-state index contributed by atoms with van der Waals surface area (Å²) in [6, 6.07) is 14.4. The van der Waals surface area contributed by atoms with Gasteiger partial charge in [-0.2, -0.15) is 5.10 Å². The molecule has 0 saturated carbocycles. The molecular formula is C18H16ClFN4S. The summed E-state index contributed by atoms with van der Waals surface area (Å²) in [5.41, 5.74) is 2.99. The van der Waals surface area contributed by atoms with Gasteiger partial charge in [0.1, 0.15) is 5.82 Å². The third kappa shape index (κ3) is 4.78. The van der Waals surface area contributed by atoms with E-state index < -0.39 is 5.82 Å². The van der Waals surface area contributed by atoms with Crippen molar-refractivity contribution in [1.29, 1.82) is 0 Å². The SMILES string of the molecule is Cc1cccc(Cn2ccc(NC(=S)Nc3ccc(F)c(Cl)c3)n2)c1. The van der Waals surface area contributed by atoms with Crippen molar-refractivity contribution >= 4 is 40.4 Å². The zero-order valence-corrected chi connectivity index (χ0v) is 15.0. The highest BCUT2D eigenvalue weighted by molar-refractivity contribution is 7.80. The van der Waals surface area contributed by atoms with Crippen molar-refractivity contribution in [3.63, 3.8) is 0 Å². The van der Waals surface area contributed by atoms with Crippen molar-refractivity contribution in [2.24, 2.45) is 0 Å². The Kier molecular flexibility index (Phi) is 5.31. The van der Waals surface area contributed by atoms with E-state index in [4.69, 9.17) is 23.8 Å². The number of benzene rings is 2. The predicted molar refractivity (Wildman–Crippen MR) is 104 cm³/mol. The van der Waals surface area contributed by atoms with E-state index >= 15 is 0 Å². The Morgan fingerprint density at radius 1 is 1.20 bits per heavy atom. The number of halogens is 2. The van der Waals surface area contributed by atoms with Crippen molar-refractivity contribution in [1.82, 2.24) is 9.78 Å². The average Bonchev–Trinajstić information content (AvgIpc) is 2.98. The van der Waals surface area contributed by atoms with Crippen LogP contribution in [0.25, 0.3) is 0 Å². The van der Waals surface area contributed by atoms with Crippen molar-refractivity contribution in [3.05, 3.63) is 76.7 Å². The standard InChI is InChI=1S/C18H16ClFN4S/c1-12-3-2-4-13(9-12)11-24-8-7-17(23-24)22-18(25)21-14-5-6-16(20)15(19)10-14/h2-10H,11H2,1H3,(H2,21,22,23,25). The first-order valence-corrected chi connectivity index (χ1v) is 8.40. The minimum Gasteiger partial charge on any atom is -0.332 e. The maximum absolute atomic E-state index is 13.2. The topological polar surface area (TPSA) is 41.9 Å². The molecule has 128 valence electrons. The van der Waals surface area contributed by atoms with E-state index in [-0.39, 0.29) is 5.02 Å². The van der Waals surface area contributed by atoms with E-state index in [2.05, 4.69) is 40.9 Å². The molecule has 0 amide bonds. The zero-order valence-electron chi connectivity index (χ0n) is 13.5. The van der Waals surface area contributed by atoms with Gasteiger partial charge >= 0.3 is 0 Å². The number of aromatic nitrogens is 2.